The summed E-state index contributed by atoms with van der Waals surface area (Å²) in [5.41, 5.74) is 0. The molecule has 0 N–H and O–H groups in total. The van der Waals surface area contributed by atoms with Crippen LogP contribution < -0.4 is 0 Å². The van der Waals surface area contributed by atoms with Crippen molar-refractivity contribution in [2.24, 2.45) is 11.8 Å². The van der Waals surface area contributed by atoms with Gasteiger partial charge in [-0.2, -0.15) is 0 Å². The fourth-order valence-electron chi connectivity index (χ4n) is 9.40. The highest BCUT2D eigenvalue weighted by Crippen LogP contribution is 2.18. The van der Waals surface area contributed by atoms with Crippen LogP contribution in [0.5, 0.6) is 0 Å². The van der Waals surface area contributed by atoms with Gasteiger partial charge in [-0.15, -0.1) is 0 Å². The summed E-state index contributed by atoms with van der Waals surface area (Å²) in [7, 11) is 0. The zero-order valence-electron chi connectivity index (χ0n) is 46.0. The summed E-state index contributed by atoms with van der Waals surface area (Å²) in [6, 6.07) is 0. The van der Waals surface area contributed by atoms with Crippen molar-refractivity contribution in [3.63, 3.8) is 0 Å². The lowest BCUT2D eigenvalue weighted by molar-refractivity contribution is -0.167. The van der Waals surface area contributed by atoms with E-state index in [0.29, 0.717) is 19.3 Å². The highest BCUT2D eigenvalue weighted by Gasteiger charge is 2.19. The molecular weight excluding hydrogens is 829 g/mol. The normalized spacial score (nSPS) is 12.0. The number of unbranched alkanes of at least 4 members (excludes halogenated alkanes) is 40. The van der Waals surface area contributed by atoms with E-state index in [0.717, 1.165) is 69.6 Å². The number of carbonyl (C=O) groups excluding carboxylic acids is 3. The molecule has 6 nitrogen and oxygen atoms in total. The molecule has 0 heterocycles. The summed E-state index contributed by atoms with van der Waals surface area (Å²) in [6.07, 6.45) is 58.1. The molecule has 0 unspecified atom stereocenters. The minimum absolute atomic E-state index is 0.0622. The van der Waals surface area contributed by atoms with Gasteiger partial charge in [0.25, 0.3) is 0 Å². The smallest absolute Gasteiger partial charge is 0.306 e. The predicted molar refractivity (Wildman–Crippen MR) is 289 cm³/mol. The Kier molecular flexibility index (Phi) is 52.5. The number of hydrogen-bond acceptors (Lipinski definition) is 6. The highest BCUT2D eigenvalue weighted by molar-refractivity contribution is 5.71. The second-order valence-electron chi connectivity index (χ2n) is 21.9. The van der Waals surface area contributed by atoms with E-state index in [2.05, 4.69) is 34.6 Å². The average Bonchev–Trinajstić information content (AvgIpc) is 3.30. The van der Waals surface area contributed by atoms with Gasteiger partial charge in [0, 0.05) is 19.3 Å². The van der Waals surface area contributed by atoms with Gasteiger partial charge in [0.2, 0.25) is 0 Å². The minimum atomic E-state index is -0.763. The Morgan fingerprint density at radius 1 is 0.284 bits per heavy atom. The number of carbonyl (C=O) groups is 3. The molecule has 0 fully saturated rings. The van der Waals surface area contributed by atoms with Crippen molar-refractivity contribution in [1.82, 2.24) is 0 Å². The van der Waals surface area contributed by atoms with Gasteiger partial charge in [-0.1, -0.05) is 304 Å². The van der Waals surface area contributed by atoms with Crippen molar-refractivity contribution in [2.45, 2.75) is 349 Å². The Morgan fingerprint density at radius 2 is 0.493 bits per heavy atom. The van der Waals surface area contributed by atoms with Crippen molar-refractivity contribution >= 4 is 17.9 Å². The first-order valence-corrected chi connectivity index (χ1v) is 30.2. The molecule has 0 aromatic heterocycles. The van der Waals surface area contributed by atoms with E-state index in [1.807, 2.05) is 0 Å². The second kappa shape index (κ2) is 53.8. The van der Waals surface area contributed by atoms with Crippen molar-refractivity contribution < 1.29 is 28.6 Å². The first-order valence-electron chi connectivity index (χ1n) is 30.2. The Labute approximate surface area is 418 Å². The zero-order valence-corrected chi connectivity index (χ0v) is 46.0. The van der Waals surface area contributed by atoms with Gasteiger partial charge >= 0.3 is 17.9 Å². The van der Waals surface area contributed by atoms with Gasteiger partial charge in [0.1, 0.15) is 13.2 Å². The Hall–Kier alpha value is -1.59. The van der Waals surface area contributed by atoms with Gasteiger partial charge < -0.3 is 14.2 Å². The molecule has 0 bridgehead atoms. The van der Waals surface area contributed by atoms with E-state index in [1.165, 1.54) is 231 Å². The molecule has 1 atom stereocenters. The van der Waals surface area contributed by atoms with E-state index in [9.17, 15) is 14.4 Å². The molecule has 67 heavy (non-hydrogen) atoms. The molecule has 0 aliphatic rings. The van der Waals surface area contributed by atoms with Crippen molar-refractivity contribution in [3.8, 4) is 0 Å². The van der Waals surface area contributed by atoms with Crippen LogP contribution in [0.25, 0.3) is 0 Å². The maximum absolute atomic E-state index is 12.9. The Morgan fingerprint density at radius 3 is 0.731 bits per heavy atom. The SMILES string of the molecule is CCCCCCCCCCCCCCCCCCC(=O)OC[C@H](COC(=O)CCCCCCCCCCCCCCCCC(C)C)OC(=O)CCCCCCCCCCCCCCCC(C)C. The molecule has 0 aliphatic carbocycles. The quantitative estimate of drug-likeness (QED) is 0.0343. The average molecular weight is 948 g/mol. The molecule has 0 aliphatic heterocycles. The van der Waals surface area contributed by atoms with E-state index in [-0.39, 0.29) is 31.1 Å². The molecule has 0 rings (SSSR count). The molecule has 398 valence electrons. The molecule has 0 radical (unpaired) electrons. The molecular formula is C61H118O6. The van der Waals surface area contributed by atoms with Gasteiger partial charge in [-0.25, -0.2) is 0 Å². The molecule has 0 spiro atoms. The number of esters is 3. The minimum Gasteiger partial charge on any atom is -0.462 e. The molecule has 0 aromatic carbocycles. The number of hydrogen-bond donors (Lipinski definition) is 0. The predicted octanol–water partition coefficient (Wildman–Crippen LogP) is 20.0. The monoisotopic (exact) mass is 947 g/mol. The fraction of sp³-hybridized carbons (Fsp3) is 0.951. The van der Waals surface area contributed by atoms with Gasteiger partial charge in [0.15, 0.2) is 6.10 Å². The van der Waals surface area contributed by atoms with Crippen LogP contribution in [0.4, 0.5) is 0 Å². The van der Waals surface area contributed by atoms with Crippen LogP contribution in [-0.4, -0.2) is 37.2 Å². The van der Waals surface area contributed by atoms with Gasteiger partial charge in [-0.3, -0.25) is 14.4 Å². The largest absolute Gasteiger partial charge is 0.462 e. The van der Waals surface area contributed by atoms with Gasteiger partial charge in [-0.05, 0) is 31.1 Å². The van der Waals surface area contributed by atoms with Crippen LogP contribution >= 0.6 is 0 Å². The standard InChI is InChI=1S/C61H118O6/c1-6-7-8-9-10-11-12-13-14-15-21-26-31-36-41-46-51-59(62)65-54-58(67-61(64)53-48-43-38-33-28-23-18-20-25-30-35-40-45-50-57(4)5)55-66-60(63)52-47-42-37-32-27-22-17-16-19-24-29-34-39-44-49-56(2)3/h56-58H,6-55H2,1-5H3/t58-/m1/s1. The number of rotatable bonds is 55. The summed E-state index contributed by atoms with van der Waals surface area (Å²) < 4.78 is 16.9. The van der Waals surface area contributed by atoms with Gasteiger partial charge in [0.05, 0.1) is 0 Å². The second-order valence-corrected chi connectivity index (χ2v) is 21.9. The van der Waals surface area contributed by atoms with Crippen LogP contribution in [0, 0.1) is 11.8 Å². The molecule has 6 heteroatoms. The third kappa shape index (κ3) is 55.2. The fourth-order valence-corrected chi connectivity index (χ4v) is 9.40. The summed E-state index contributed by atoms with van der Waals surface area (Å²) in [6.45, 7) is 11.4. The van der Waals surface area contributed by atoms with Crippen LogP contribution in [0.15, 0.2) is 0 Å². The van der Waals surface area contributed by atoms with Crippen LogP contribution in [0.2, 0.25) is 0 Å². The first-order chi connectivity index (χ1) is 32.7. The Bertz CT molecular complexity index is 1020. The molecule has 0 amide bonds. The molecule has 0 saturated carbocycles. The van der Waals surface area contributed by atoms with E-state index >= 15 is 0 Å². The van der Waals surface area contributed by atoms with Crippen LogP contribution in [0.3, 0.4) is 0 Å². The maximum Gasteiger partial charge on any atom is 0.306 e. The van der Waals surface area contributed by atoms with Crippen LogP contribution in [-0.2, 0) is 28.6 Å². The van der Waals surface area contributed by atoms with E-state index in [4.69, 9.17) is 14.2 Å². The third-order valence-electron chi connectivity index (χ3n) is 14.0. The summed E-state index contributed by atoms with van der Waals surface area (Å²) >= 11 is 0. The lowest BCUT2D eigenvalue weighted by Gasteiger charge is -2.18. The molecule has 0 saturated heterocycles. The summed E-state index contributed by atoms with van der Waals surface area (Å²) in [4.78, 5) is 38.2. The summed E-state index contributed by atoms with van der Waals surface area (Å²) in [5, 5.41) is 0. The maximum atomic E-state index is 12.9. The molecule has 0 aromatic rings. The lowest BCUT2D eigenvalue weighted by atomic mass is 10.0. The van der Waals surface area contributed by atoms with Crippen LogP contribution in [0.1, 0.15) is 343 Å². The van der Waals surface area contributed by atoms with Crippen molar-refractivity contribution in [3.05, 3.63) is 0 Å². The third-order valence-corrected chi connectivity index (χ3v) is 14.0. The van der Waals surface area contributed by atoms with E-state index < -0.39 is 6.10 Å². The lowest BCUT2D eigenvalue weighted by Crippen LogP contribution is -2.30. The Balaban J connectivity index is 4.30. The van der Waals surface area contributed by atoms with E-state index in [1.54, 1.807) is 0 Å². The topological polar surface area (TPSA) is 78.9 Å². The highest BCUT2D eigenvalue weighted by atomic mass is 16.6. The van der Waals surface area contributed by atoms with Crippen molar-refractivity contribution in [1.29, 1.82) is 0 Å². The zero-order chi connectivity index (χ0) is 48.9. The first kappa shape index (κ1) is 65.4. The van der Waals surface area contributed by atoms with Crippen molar-refractivity contribution in [2.75, 3.05) is 13.2 Å². The number of ether oxygens (including phenoxy) is 3. The summed E-state index contributed by atoms with van der Waals surface area (Å²) in [5.74, 6) is 0.848.